The van der Waals surface area contributed by atoms with Gasteiger partial charge >= 0.3 is 5.97 Å². The van der Waals surface area contributed by atoms with E-state index >= 15 is 0 Å². The average Bonchev–Trinajstić information content (AvgIpc) is 2.54. The molecular formula is C12H23NO5S. The van der Waals surface area contributed by atoms with E-state index in [1.165, 1.54) is 7.11 Å². The third-order valence-electron chi connectivity index (χ3n) is 3.43. The van der Waals surface area contributed by atoms with Crippen molar-refractivity contribution in [3.63, 3.8) is 0 Å². The number of hydrogen-bond donors (Lipinski definition) is 2. The van der Waals surface area contributed by atoms with Crippen molar-refractivity contribution in [3.8, 4) is 0 Å². The summed E-state index contributed by atoms with van der Waals surface area (Å²) in [6, 6.07) is -0.479. The fourth-order valence-electron chi connectivity index (χ4n) is 2.43. The molecule has 2 unspecified atom stereocenters. The maximum absolute atomic E-state index is 11.9. The van der Waals surface area contributed by atoms with Crippen LogP contribution in [0.3, 0.4) is 0 Å². The number of ether oxygens (including phenoxy) is 1. The van der Waals surface area contributed by atoms with Gasteiger partial charge in [-0.1, -0.05) is 19.3 Å². The fraction of sp³-hybridized carbons (Fsp3) is 0.917. The maximum atomic E-state index is 11.9. The minimum absolute atomic E-state index is 0.0241. The molecule has 6 nitrogen and oxygen atoms in total. The molecule has 2 N–H and O–H groups in total. The van der Waals surface area contributed by atoms with E-state index in [2.05, 4.69) is 4.72 Å². The summed E-state index contributed by atoms with van der Waals surface area (Å²) in [4.78, 5) is 11.2. The van der Waals surface area contributed by atoms with Crippen molar-refractivity contribution in [2.75, 3.05) is 19.5 Å². The van der Waals surface area contributed by atoms with Crippen LogP contribution < -0.4 is 4.72 Å². The number of rotatable bonds is 7. The van der Waals surface area contributed by atoms with Crippen molar-refractivity contribution >= 4 is 16.0 Å². The molecule has 1 aliphatic rings. The van der Waals surface area contributed by atoms with Gasteiger partial charge in [-0.05, 0) is 19.3 Å². The molecule has 0 saturated heterocycles. The molecule has 0 radical (unpaired) electrons. The van der Waals surface area contributed by atoms with Crippen molar-refractivity contribution in [2.24, 2.45) is 5.92 Å². The largest absolute Gasteiger partial charge is 0.481 e. The van der Waals surface area contributed by atoms with E-state index in [0.717, 1.165) is 19.3 Å². The Morgan fingerprint density at radius 1 is 1.32 bits per heavy atom. The Bertz CT molecular complexity index is 382. The van der Waals surface area contributed by atoms with Gasteiger partial charge in [-0.15, -0.1) is 0 Å². The molecule has 2 atom stereocenters. The molecule has 0 aromatic carbocycles. The summed E-state index contributed by atoms with van der Waals surface area (Å²) in [5.74, 6) is -1.55. The first kappa shape index (κ1) is 16.4. The summed E-state index contributed by atoms with van der Waals surface area (Å²) in [5, 5.41) is 9.19. The van der Waals surface area contributed by atoms with Crippen molar-refractivity contribution < 1.29 is 23.1 Å². The molecule has 19 heavy (non-hydrogen) atoms. The van der Waals surface area contributed by atoms with E-state index in [0.29, 0.717) is 25.9 Å². The zero-order valence-corrected chi connectivity index (χ0v) is 12.1. The topological polar surface area (TPSA) is 92.7 Å². The maximum Gasteiger partial charge on any atom is 0.308 e. The SMILES string of the molecule is COCCCS(=O)(=O)NC1CCCCCC1C(=O)O. The number of carboxylic acids is 1. The van der Waals surface area contributed by atoms with Gasteiger partial charge in [0.2, 0.25) is 10.0 Å². The highest BCUT2D eigenvalue weighted by molar-refractivity contribution is 7.89. The summed E-state index contributed by atoms with van der Waals surface area (Å²) in [5.41, 5.74) is 0. The number of nitrogens with one attached hydrogen (secondary N) is 1. The lowest BCUT2D eigenvalue weighted by Gasteiger charge is -2.22. The van der Waals surface area contributed by atoms with Crippen LogP contribution >= 0.6 is 0 Å². The Balaban J connectivity index is 2.62. The number of carbonyl (C=O) groups is 1. The molecular weight excluding hydrogens is 270 g/mol. The first-order valence-corrected chi connectivity index (χ1v) is 8.33. The second kappa shape index (κ2) is 7.81. The van der Waals surface area contributed by atoms with Crippen molar-refractivity contribution in [3.05, 3.63) is 0 Å². The van der Waals surface area contributed by atoms with Gasteiger partial charge in [0.25, 0.3) is 0 Å². The molecule has 0 aromatic rings. The van der Waals surface area contributed by atoms with Gasteiger partial charge in [-0.2, -0.15) is 0 Å². The Morgan fingerprint density at radius 3 is 2.63 bits per heavy atom. The van der Waals surface area contributed by atoms with Gasteiger partial charge in [0.15, 0.2) is 0 Å². The Hall–Kier alpha value is -0.660. The molecule has 1 fully saturated rings. The monoisotopic (exact) mass is 293 g/mol. The number of sulfonamides is 1. The van der Waals surface area contributed by atoms with Gasteiger partial charge in [0, 0.05) is 19.8 Å². The summed E-state index contributed by atoms with van der Waals surface area (Å²) in [6.45, 7) is 0.383. The van der Waals surface area contributed by atoms with Gasteiger partial charge in [-0.25, -0.2) is 13.1 Å². The summed E-state index contributed by atoms with van der Waals surface area (Å²) in [6.07, 6.45) is 4.23. The van der Waals surface area contributed by atoms with Crippen LogP contribution in [0.15, 0.2) is 0 Å². The predicted molar refractivity (Wildman–Crippen MR) is 71.4 cm³/mol. The Labute approximate surface area is 114 Å². The molecule has 1 saturated carbocycles. The van der Waals surface area contributed by atoms with Crippen LogP contribution in [0.25, 0.3) is 0 Å². The number of carboxylic acid groups (broad SMARTS) is 1. The number of aliphatic carboxylic acids is 1. The standard InChI is InChI=1S/C12H23NO5S/c1-18-8-5-9-19(16,17)13-11-7-4-2-3-6-10(11)12(14)15/h10-11,13H,2-9H2,1H3,(H,14,15). The zero-order chi connectivity index (χ0) is 14.3. The molecule has 0 bridgehead atoms. The van der Waals surface area contributed by atoms with Crippen molar-refractivity contribution in [1.29, 1.82) is 0 Å². The quantitative estimate of drug-likeness (QED) is 0.539. The second-order valence-corrected chi connectivity index (χ2v) is 6.85. The smallest absolute Gasteiger partial charge is 0.308 e. The Kier molecular flexibility index (Phi) is 6.74. The minimum Gasteiger partial charge on any atom is -0.481 e. The molecule has 1 aliphatic carbocycles. The fourth-order valence-corrected chi connectivity index (χ4v) is 3.79. The molecule has 0 spiro atoms. The first-order valence-electron chi connectivity index (χ1n) is 6.68. The van der Waals surface area contributed by atoms with Crippen LogP contribution in [0.4, 0.5) is 0 Å². The predicted octanol–water partition coefficient (Wildman–Crippen LogP) is 0.976. The van der Waals surface area contributed by atoms with E-state index in [1.807, 2.05) is 0 Å². The van der Waals surface area contributed by atoms with Crippen LogP contribution in [-0.4, -0.2) is 45.0 Å². The van der Waals surface area contributed by atoms with Gasteiger partial charge in [-0.3, -0.25) is 4.79 Å². The zero-order valence-electron chi connectivity index (χ0n) is 11.3. The number of methoxy groups -OCH3 is 1. The normalized spacial score (nSPS) is 24.9. The summed E-state index contributed by atoms with van der Waals surface area (Å²) in [7, 11) is -1.91. The first-order chi connectivity index (χ1) is 8.96. The van der Waals surface area contributed by atoms with Gasteiger partial charge < -0.3 is 9.84 Å². The van der Waals surface area contributed by atoms with Crippen LogP contribution in [-0.2, 0) is 19.6 Å². The minimum atomic E-state index is -3.43. The van der Waals surface area contributed by atoms with Crippen molar-refractivity contribution in [1.82, 2.24) is 4.72 Å². The molecule has 1 rings (SSSR count). The highest BCUT2D eigenvalue weighted by atomic mass is 32.2. The third kappa shape index (κ3) is 5.88. The Morgan fingerprint density at radius 2 is 2.00 bits per heavy atom. The van der Waals surface area contributed by atoms with E-state index in [9.17, 15) is 18.3 Å². The van der Waals surface area contributed by atoms with Gasteiger partial charge in [0.05, 0.1) is 11.7 Å². The van der Waals surface area contributed by atoms with Crippen molar-refractivity contribution in [2.45, 2.75) is 44.6 Å². The van der Waals surface area contributed by atoms with Crippen LogP contribution in [0.5, 0.6) is 0 Å². The van der Waals surface area contributed by atoms with E-state index < -0.39 is 28.0 Å². The molecule has 0 amide bonds. The third-order valence-corrected chi connectivity index (χ3v) is 4.91. The molecule has 0 aliphatic heterocycles. The summed E-state index contributed by atoms with van der Waals surface area (Å²) < 4.78 is 31.2. The van der Waals surface area contributed by atoms with Crippen LogP contribution in [0.1, 0.15) is 38.5 Å². The molecule has 7 heteroatoms. The highest BCUT2D eigenvalue weighted by Crippen LogP contribution is 2.24. The van der Waals surface area contributed by atoms with E-state index in [-0.39, 0.29) is 5.75 Å². The van der Waals surface area contributed by atoms with Gasteiger partial charge in [0.1, 0.15) is 0 Å². The lowest BCUT2D eigenvalue weighted by molar-refractivity contribution is -0.142. The molecule has 0 aromatic heterocycles. The van der Waals surface area contributed by atoms with Crippen LogP contribution in [0, 0.1) is 5.92 Å². The molecule has 112 valence electrons. The lowest BCUT2D eigenvalue weighted by Crippen LogP contribution is -2.43. The van der Waals surface area contributed by atoms with E-state index in [1.54, 1.807) is 0 Å². The average molecular weight is 293 g/mol. The number of hydrogen-bond acceptors (Lipinski definition) is 4. The van der Waals surface area contributed by atoms with E-state index in [4.69, 9.17) is 4.74 Å². The molecule has 0 heterocycles. The highest BCUT2D eigenvalue weighted by Gasteiger charge is 2.32. The van der Waals surface area contributed by atoms with Crippen LogP contribution in [0.2, 0.25) is 0 Å². The second-order valence-electron chi connectivity index (χ2n) is 4.97. The lowest BCUT2D eigenvalue weighted by atomic mass is 9.96. The summed E-state index contributed by atoms with van der Waals surface area (Å²) >= 11 is 0.